The third-order valence-corrected chi connectivity index (χ3v) is 13.5. The molecule has 0 aliphatic carbocycles. The van der Waals surface area contributed by atoms with Gasteiger partial charge < -0.3 is 8.97 Å². The van der Waals surface area contributed by atoms with Crippen LogP contribution in [-0.4, -0.2) is 42.7 Å². The van der Waals surface area contributed by atoms with Gasteiger partial charge in [0.1, 0.15) is 6.61 Å². The van der Waals surface area contributed by atoms with Crippen LogP contribution in [0.1, 0.15) is 40.2 Å². The van der Waals surface area contributed by atoms with Crippen LogP contribution in [0.15, 0.2) is 103 Å². The fraction of sp³-hybridized carbons (Fsp3) is 0.303. The molecule has 4 aromatic rings. The van der Waals surface area contributed by atoms with Gasteiger partial charge in [0.05, 0.1) is 6.04 Å². The highest BCUT2D eigenvalue weighted by Gasteiger charge is 2.51. The molecular formula is C33H38N2O2Si. The smallest absolute Gasteiger partial charge is 0.410 e. The van der Waals surface area contributed by atoms with Crippen molar-refractivity contribution in [3.63, 3.8) is 0 Å². The highest BCUT2D eigenvalue weighted by molar-refractivity contribution is 7.03. The number of para-hydroxylation sites is 1. The monoisotopic (exact) mass is 522 g/mol. The molecule has 38 heavy (non-hydrogen) atoms. The van der Waals surface area contributed by atoms with Gasteiger partial charge in [0.15, 0.2) is 0 Å². The standard InChI is InChI=1S/C33H38N2O2Si/c1-25(2)20-21-34-27(24-37-32(34)36)22-26-23-35(31-19-13-12-18-30(26)31)38(33(3,4)5,28-14-8-6-9-15-28)29-16-10-7-11-17-29/h6-20,23,27H,21-22,24H2,1-5H3/t27-/m0/s1. The average molecular weight is 523 g/mol. The van der Waals surface area contributed by atoms with Gasteiger partial charge in [-0.25, -0.2) is 4.79 Å². The molecule has 0 spiro atoms. The van der Waals surface area contributed by atoms with E-state index in [1.165, 1.54) is 32.4 Å². The quantitative estimate of drug-likeness (QED) is 0.209. The second-order valence-electron chi connectivity index (χ2n) is 11.6. The molecule has 0 N–H and O–H groups in total. The first-order valence-electron chi connectivity index (χ1n) is 13.5. The predicted molar refractivity (Wildman–Crippen MR) is 160 cm³/mol. The largest absolute Gasteiger partial charge is 0.447 e. The maximum atomic E-state index is 12.6. The number of amides is 1. The Kier molecular flexibility index (Phi) is 7.06. The van der Waals surface area contributed by atoms with Gasteiger partial charge in [-0.05, 0) is 47.3 Å². The summed E-state index contributed by atoms with van der Waals surface area (Å²) >= 11 is 0. The van der Waals surface area contributed by atoms with Gasteiger partial charge in [0.25, 0.3) is 0 Å². The van der Waals surface area contributed by atoms with Crippen LogP contribution in [0.5, 0.6) is 0 Å². The normalized spacial score (nSPS) is 16.1. The Morgan fingerprint density at radius 1 is 0.921 bits per heavy atom. The Hall–Kier alpha value is -3.57. The fourth-order valence-electron chi connectivity index (χ4n) is 6.14. The van der Waals surface area contributed by atoms with E-state index < -0.39 is 8.24 Å². The van der Waals surface area contributed by atoms with Gasteiger partial charge in [-0.1, -0.05) is 111 Å². The zero-order chi connectivity index (χ0) is 26.9. The third-order valence-electron chi connectivity index (χ3n) is 7.85. The molecular weight excluding hydrogens is 484 g/mol. The fourth-order valence-corrected chi connectivity index (χ4v) is 11.7. The molecule has 2 heterocycles. The molecule has 1 atom stereocenters. The Bertz CT molecular complexity index is 1410. The number of fused-ring (bicyclic) bond motifs is 1. The molecule has 4 nitrogen and oxygen atoms in total. The number of allylic oxidation sites excluding steroid dienone is 1. The molecule has 1 aliphatic heterocycles. The molecule has 0 radical (unpaired) electrons. The first kappa shape index (κ1) is 26.1. The van der Waals surface area contributed by atoms with Crippen LogP contribution >= 0.6 is 0 Å². The van der Waals surface area contributed by atoms with E-state index in [0.717, 1.165) is 6.42 Å². The molecule has 0 bridgehead atoms. The number of hydrogen-bond donors (Lipinski definition) is 0. The van der Waals surface area contributed by atoms with Crippen LogP contribution < -0.4 is 10.4 Å². The lowest BCUT2D eigenvalue weighted by Gasteiger charge is -2.45. The maximum Gasteiger partial charge on any atom is 0.410 e. The highest BCUT2D eigenvalue weighted by atomic mass is 28.3. The number of hydrogen-bond acceptors (Lipinski definition) is 2. The van der Waals surface area contributed by atoms with E-state index in [-0.39, 0.29) is 17.2 Å². The van der Waals surface area contributed by atoms with E-state index >= 15 is 0 Å². The van der Waals surface area contributed by atoms with E-state index in [1.807, 2.05) is 4.90 Å². The molecule has 1 aromatic heterocycles. The maximum absolute atomic E-state index is 12.6. The van der Waals surface area contributed by atoms with Crippen molar-refractivity contribution >= 4 is 35.6 Å². The first-order valence-corrected chi connectivity index (χ1v) is 15.5. The Balaban J connectivity index is 1.72. The summed E-state index contributed by atoms with van der Waals surface area (Å²) < 4.78 is 8.15. The van der Waals surface area contributed by atoms with Crippen molar-refractivity contribution in [2.75, 3.05) is 13.2 Å². The minimum absolute atomic E-state index is 0.0107. The number of cyclic esters (lactones) is 1. The lowest BCUT2D eigenvalue weighted by Crippen LogP contribution is -2.69. The van der Waals surface area contributed by atoms with Crippen molar-refractivity contribution in [3.05, 3.63) is 108 Å². The topological polar surface area (TPSA) is 34.5 Å². The summed E-state index contributed by atoms with van der Waals surface area (Å²) in [6.07, 6.45) is 5.03. The molecule has 0 saturated carbocycles. The van der Waals surface area contributed by atoms with E-state index in [0.29, 0.717) is 13.2 Å². The van der Waals surface area contributed by atoms with Gasteiger partial charge in [0, 0.05) is 23.6 Å². The van der Waals surface area contributed by atoms with Gasteiger partial charge in [-0.3, -0.25) is 4.90 Å². The van der Waals surface area contributed by atoms with Gasteiger partial charge in [-0.15, -0.1) is 0 Å². The number of benzene rings is 3. The first-order chi connectivity index (χ1) is 18.2. The van der Waals surface area contributed by atoms with Crippen LogP contribution in [0, 0.1) is 0 Å². The molecule has 1 saturated heterocycles. The number of rotatable bonds is 7. The highest BCUT2D eigenvalue weighted by Crippen LogP contribution is 2.40. The second kappa shape index (κ2) is 10.3. The van der Waals surface area contributed by atoms with E-state index in [1.54, 1.807) is 0 Å². The van der Waals surface area contributed by atoms with Crippen LogP contribution in [0.25, 0.3) is 10.9 Å². The van der Waals surface area contributed by atoms with Crippen molar-refractivity contribution in [3.8, 4) is 0 Å². The lowest BCUT2D eigenvalue weighted by atomic mass is 10.0. The van der Waals surface area contributed by atoms with Gasteiger partial charge >= 0.3 is 6.09 Å². The van der Waals surface area contributed by atoms with Crippen LogP contribution in [0.2, 0.25) is 5.04 Å². The summed E-state index contributed by atoms with van der Waals surface area (Å²) in [5.74, 6) is 0. The number of aromatic nitrogens is 1. The van der Waals surface area contributed by atoms with Crippen LogP contribution in [0.4, 0.5) is 4.79 Å². The molecule has 196 valence electrons. The molecule has 0 unspecified atom stereocenters. The minimum atomic E-state index is -2.59. The van der Waals surface area contributed by atoms with Crippen LogP contribution in [-0.2, 0) is 11.2 Å². The SMILES string of the molecule is CC(C)=CCN1C(=O)OC[C@@H]1Cc1cn([Si](c2ccccc2)(c2ccccc2)C(C)(C)C)c2ccccc12. The summed E-state index contributed by atoms with van der Waals surface area (Å²) in [7, 11) is -2.59. The van der Waals surface area contributed by atoms with Crippen molar-refractivity contribution in [1.29, 1.82) is 0 Å². The molecule has 3 aromatic carbocycles. The number of carbonyl (C=O) groups excluding carboxylic acids is 1. The number of carbonyl (C=O) groups is 1. The summed E-state index contributed by atoms with van der Waals surface area (Å²) in [5, 5.41) is 3.99. The molecule has 1 amide bonds. The van der Waals surface area contributed by atoms with Crippen molar-refractivity contribution in [1.82, 2.24) is 9.13 Å². The number of nitrogens with zero attached hydrogens (tertiary/aromatic N) is 2. The van der Waals surface area contributed by atoms with E-state index in [9.17, 15) is 4.79 Å². The Morgan fingerprint density at radius 2 is 1.50 bits per heavy atom. The zero-order valence-corrected chi connectivity index (χ0v) is 24.1. The van der Waals surface area contributed by atoms with E-state index in [2.05, 4.69) is 136 Å². The van der Waals surface area contributed by atoms with E-state index in [4.69, 9.17) is 4.74 Å². The Labute approximate surface area is 227 Å². The van der Waals surface area contributed by atoms with Crippen molar-refractivity contribution < 1.29 is 9.53 Å². The minimum Gasteiger partial charge on any atom is -0.447 e. The van der Waals surface area contributed by atoms with Gasteiger partial charge in [-0.2, -0.15) is 0 Å². The summed E-state index contributed by atoms with van der Waals surface area (Å²) in [4.78, 5) is 14.5. The summed E-state index contributed by atoms with van der Waals surface area (Å²) in [6, 6.07) is 30.9. The average Bonchev–Trinajstić information content (AvgIpc) is 3.44. The summed E-state index contributed by atoms with van der Waals surface area (Å²) in [6.45, 7) is 12.3. The van der Waals surface area contributed by atoms with Crippen LogP contribution in [0.3, 0.4) is 0 Å². The molecule has 1 aliphatic rings. The summed E-state index contributed by atoms with van der Waals surface area (Å²) in [5.41, 5.74) is 3.71. The van der Waals surface area contributed by atoms with Crippen molar-refractivity contribution in [2.24, 2.45) is 0 Å². The lowest BCUT2D eigenvalue weighted by molar-refractivity contribution is 0.160. The second-order valence-corrected chi connectivity index (χ2v) is 16.2. The molecule has 1 fully saturated rings. The Morgan fingerprint density at radius 3 is 2.08 bits per heavy atom. The predicted octanol–water partition coefficient (Wildman–Crippen LogP) is 6.38. The zero-order valence-electron chi connectivity index (χ0n) is 23.1. The number of ether oxygens (including phenoxy) is 1. The molecule has 5 rings (SSSR count). The van der Waals surface area contributed by atoms with Crippen molar-refractivity contribution in [2.45, 2.75) is 52.1 Å². The molecule has 5 heteroatoms. The van der Waals surface area contributed by atoms with Gasteiger partial charge in [0.2, 0.25) is 8.24 Å². The third kappa shape index (κ3) is 4.49.